The first-order valence-corrected chi connectivity index (χ1v) is 20.6. The van der Waals surface area contributed by atoms with E-state index in [1.807, 2.05) is 22.6 Å². The molecule has 1 N–H and O–H groups in total. The van der Waals surface area contributed by atoms with Crippen LogP contribution >= 0.6 is 0 Å². The van der Waals surface area contributed by atoms with Crippen LogP contribution in [0.2, 0.25) is 0 Å². The van der Waals surface area contributed by atoms with E-state index in [2.05, 4.69) is 26.6 Å². The van der Waals surface area contributed by atoms with Gasteiger partial charge in [-0.2, -0.15) is 15.1 Å². The van der Waals surface area contributed by atoms with Crippen molar-refractivity contribution in [3.63, 3.8) is 0 Å². The first-order chi connectivity index (χ1) is 27.2. The van der Waals surface area contributed by atoms with Crippen LogP contribution in [0.4, 0.5) is 20.3 Å². The lowest BCUT2D eigenvalue weighted by atomic mass is 9.85. The van der Waals surface area contributed by atoms with Crippen LogP contribution in [0.3, 0.4) is 0 Å². The van der Waals surface area contributed by atoms with Crippen molar-refractivity contribution in [2.24, 2.45) is 0 Å². The molecule has 6 aliphatic heterocycles. The number of carbonyl (C=O) groups excluding carboxylic acids is 1. The highest BCUT2D eigenvalue weighted by Gasteiger charge is 2.49. The van der Waals surface area contributed by atoms with Gasteiger partial charge in [0.25, 0.3) is 5.91 Å². The fraction of sp³-hybridized carbons (Fsp3) is 0.571. The molecule has 12 nitrogen and oxygen atoms in total. The molecule has 2 aromatic heterocycles. The van der Waals surface area contributed by atoms with E-state index in [9.17, 15) is 14.3 Å². The Morgan fingerprint density at radius 2 is 1.88 bits per heavy atom. The number of ether oxygens (including phenoxy) is 1. The van der Waals surface area contributed by atoms with Crippen molar-refractivity contribution < 1.29 is 23.4 Å². The number of hydrogen-bond acceptors (Lipinski definition) is 10. The zero-order valence-electron chi connectivity index (χ0n) is 32.4. The molecule has 1 aliphatic carbocycles. The number of phenols is 1. The Hall–Kier alpha value is -4.56. The highest BCUT2D eigenvalue weighted by molar-refractivity contribution is 5.98. The lowest BCUT2D eigenvalue weighted by Gasteiger charge is -2.41. The van der Waals surface area contributed by atoms with Gasteiger partial charge in [0.05, 0.1) is 30.0 Å². The third kappa shape index (κ3) is 6.05. The van der Waals surface area contributed by atoms with Crippen LogP contribution in [-0.4, -0.2) is 122 Å². The smallest absolute Gasteiger partial charge is 0.318 e. The zero-order valence-corrected chi connectivity index (χ0v) is 32.4. The van der Waals surface area contributed by atoms with Crippen LogP contribution in [0.15, 0.2) is 30.3 Å². The number of carbonyl (C=O) groups is 1. The molecule has 1 saturated carbocycles. The lowest BCUT2D eigenvalue weighted by Crippen LogP contribution is -2.49. The fourth-order valence-electron chi connectivity index (χ4n) is 10.6. The third-order valence-electron chi connectivity index (χ3n) is 13.7. The molecule has 2 aromatic carbocycles. The number of rotatable bonds is 7. The number of hydrogen-bond donors (Lipinski definition) is 1. The Balaban J connectivity index is 0.985. The van der Waals surface area contributed by atoms with Crippen molar-refractivity contribution in [3.8, 4) is 11.8 Å². The predicted octanol–water partition coefficient (Wildman–Crippen LogP) is 5.08. The number of nitrogens with zero attached hydrogens (tertiary/aromatic N) is 9. The van der Waals surface area contributed by atoms with Crippen LogP contribution in [0.5, 0.6) is 11.8 Å². The third-order valence-corrected chi connectivity index (χ3v) is 13.7. The van der Waals surface area contributed by atoms with Gasteiger partial charge in [0.2, 0.25) is 0 Å². The van der Waals surface area contributed by atoms with Gasteiger partial charge in [0, 0.05) is 80.5 Å². The maximum atomic E-state index is 15.2. The number of alkyl halides is 1. The highest BCUT2D eigenvalue weighted by Crippen LogP contribution is 2.42. The van der Waals surface area contributed by atoms with Gasteiger partial charge in [-0.1, -0.05) is 13.0 Å². The standard InChI is InChI=1S/C42H51F2N9O3/c1-3-32-34(44)7-6-26-16-31(54)20-37(38(26)32)49-13-8-33-36(24-49)45-41(56-25-42-9-4-11-51(42)22-27(43)21-42)46-39(33)50-10-5-12-53-30(23-50)19-35(47-53)40(55)52-15-14-48(2)28-17-29(52)18-28/h6-7,16,19-20,27-29,54H,3-5,8-15,17-18,21-25H2,1-2H3/t27-,28?,29?,42+/m1/s1. The summed E-state index contributed by atoms with van der Waals surface area (Å²) in [5.74, 6) is 0.689. The van der Waals surface area contributed by atoms with Gasteiger partial charge in [-0.05, 0) is 87.7 Å². The summed E-state index contributed by atoms with van der Waals surface area (Å²) in [6.45, 7) is 8.17. The van der Waals surface area contributed by atoms with Crippen LogP contribution in [-0.2, 0) is 32.5 Å². The van der Waals surface area contributed by atoms with E-state index in [-0.39, 0.29) is 35.1 Å². The maximum Gasteiger partial charge on any atom is 0.318 e. The minimum Gasteiger partial charge on any atom is -0.508 e. The number of benzene rings is 2. The molecule has 2 bridgehead atoms. The molecule has 4 aromatic rings. The van der Waals surface area contributed by atoms with E-state index >= 15 is 4.39 Å². The molecule has 5 fully saturated rings. The molecule has 14 heteroatoms. The summed E-state index contributed by atoms with van der Waals surface area (Å²) in [4.78, 5) is 35.1. The molecular weight excluding hydrogens is 717 g/mol. The Kier molecular flexibility index (Phi) is 8.84. The van der Waals surface area contributed by atoms with Gasteiger partial charge >= 0.3 is 6.01 Å². The van der Waals surface area contributed by atoms with Gasteiger partial charge in [-0.25, -0.2) is 8.78 Å². The number of phenolic OH excluding ortho intramolecular Hbond substituents is 1. The number of halogens is 2. The minimum absolute atomic E-state index is 0.0133. The second-order valence-corrected chi connectivity index (χ2v) is 17.0. The van der Waals surface area contributed by atoms with Gasteiger partial charge < -0.3 is 29.4 Å². The van der Waals surface area contributed by atoms with Gasteiger partial charge in [-0.15, -0.1) is 0 Å². The molecule has 0 radical (unpaired) electrons. The number of amides is 1. The first kappa shape index (κ1) is 35.8. The van der Waals surface area contributed by atoms with E-state index < -0.39 is 6.17 Å². The Bertz CT molecular complexity index is 2190. The van der Waals surface area contributed by atoms with Gasteiger partial charge in [0.1, 0.15) is 30.2 Å². The van der Waals surface area contributed by atoms with Gasteiger partial charge in [-0.3, -0.25) is 14.4 Å². The van der Waals surface area contributed by atoms with Crippen LogP contribution in [0.1, 0.15) is 78.5 Å². The molecule has 11 rings (SSSR count). The average Bonchev–Trinajstić information content (AvgIpc) is 3.71. The van der Waals surface area contributed by atoms with E-state index in [1.165, 1.54) is 6.07 Å². The molecule has 4 saturated heterocycles. The summed E-state index contributed by atoms with van der Waals surface area (Å²) in [5.41, 5.74) is 4.36. The minimum atomic E-state index is -0.868. The Morgan fingerprint density at radius 3 is 2.73 bits per heavy atom. The molecular formula is C42H51F2N9O3. The van der Waals surface area contributed by atoms with Crippen LogP contribution in [0, 0.1) is 5.82 Å². The zero-order chi connectivity index (χ0) is 38.3. The average molecular weight is 768 g/mol. The highest BCUT2D eigenvalue weighted by atomic mass is 19.1. The van der Waals surface area contributed by atoms with Crippen molar-refractivity contribution in [1.29, 1.82) is 0 Å². The van der Waals surface area contributed by atoms with E-state index in [4.69, 9.17) is 19.8 Å². The van der Waals surface area contributed by atoms with Crippen LogP contribution in [0.25, 0.3) is 10.8 Å². The number of aryl methyl sites for hydroxylation is 2. The Morgan fingerprint density at radius 1 is 1.00 bits per heavy atom. The van der Waals surface area contributed by atoms with Crippen molar-refractivity contribution in [2.75, 3.05) is 62.7 Å². The predicted molar refractivity (Wildman–Crippen MR) is 209 cm³/mol. The number of likely N-dealkylation sites (N-methyl/N-ethyl adjacent to an activating group) is 1. The SMILES string of the molecule is CCc1c(F)ccc2cc(O)cc(N3CCc4c(nc(OC[C@@]56CCCN5C[C@H](F)C6)nc4N4CCCn5nc(C(=O)N6CCN(C)C7CC6C7)cc5C4)C3)c12. The Labute approximate surface area is 326 Å². The van der Waals surface area contributed by atoms with E-state index in [1.54, 1.807) is 18.2 Å². The topological polar surface area (TPSA) is 106 Å². The summed E-state index contributed by atoms with van der Waals surface area (Å²) in [5, 5.41) is 17.3. The number of aromatic hydroxyl groups is 1. The normalized spacial score (nSPS) is 26.4. The number of fused-ring (bicyclic) bond motifs is 7. The summed E-state index contributed by atoms with van der Waals surface area (Å²) in [7, 11) is 2.15. The fourth-order valence-corrected chi connectivity index (χ4v) is 10.6. The molecule has 0 spiro atoms. The van der Waals surface area contributed by atoms with Crippen molar-refractivity contribution in [3.05, 3.63) is 64.4 Å². The van der Waals surface area contributed by atoms with E-state index in [0.717, 1.165) is 97.5 Å². The van der Waals surface area contributed by atoms with Crippen LogP contribution < -0.4 is 14.5 Å². The molecule has 2 atom stereocenters. The monoisotopic (exact) mass is 767 g/mol. The second-order valence-electron chi connectivity index (χ2n) is 17.0. The van der Waals surface area contributed by atoms with E-state index in [0.29, 0.717) is 75.9 Å². The summed E-state index contributed by atoms with van der Waals surface area (Å²) < 4.78 is 38.4. The van der Waals surface area contributed by atoms with Crippen molar-refractivity contribution in [1.82, 2.24) is 34.4 Å². The lowest BCUT2D eigenvalue weighted by molar-refractivity contribution is 0.0564. The molecule has 8 heterocycles. The largest absolute Gasteiger partial charge is 0.508 e. The quantitative estimate of drug-likeness (QED) is 0.274. The molecule has 56 heavy (non-hydrogen) atoms. The molecule has 7 aliphatic rings. The second kappa shape index (κ2) is 13.8. The van der Waals surface area contributed by atoms with Gasteiger partial charge in [0.15, 0.2) is 5.69 Å². The van der Waals surface area contributed by atoms with Crippen molar-refractivity contribution in [2.45, 2.75) is 102 Å². The summed E-state index contributed by atoms with van der Waals surface area (Å²) in [6.07, 6.45) is 5.49. The maximum absolute atomic E-state index is 15.2. The summed E-state index contributed by atoms with van der Waals surface area (Å²) >= 11 is 0. The number of aromatic nitrogens is 4. The van der Waals surface area contributed by atoms with Crippen molar-refractivity contribution >= 4 is 28.2 Å². The molecule has 296 valence electrons. The molecule has 0 unspecified atom stereocenters. The summed E-state index contributed by atoms with van der Waals surface area (Å²) in [6, 6.07) is 9.71. The first-order valence-electron chi connectivity index (χ1n) is 20.6. The number of anilines is 2. The molecule has 1 amide bonds.